The molecule has 0 bridgehead atoms. The quantitative estimate of drug-likeness (QED) is 0.810. The fourth-order valence-corrected chi connectivity index (χ4v) is 2.17. The molecule has 0 unspecified atom stereocenters. The second kappa shape index (κ2) is 5.02. The predicted molar refractivity (Wildman–Crippen MR) is 73.4 cm³/mol. The molecule has 0 saturated carbocycles. The van der Waals surface area contributed by atoms with Crippen molar-refractivity contribution >= 4 is 0 Å². The summed E-state index contributed by atoms with van der Waals surface area (Å²) in [6, 6.07) is 10.5. The lowest BCUT2D eigenvalue weighted by molar-refractivity contribution is -0.318. The van der Waals surface area contributed by atoms with Gasteiger partial charge in [0.2, 0.25) is 0 Å². The van der Waals surface area contributed by atoms with Crippen LogP contribution in [0.25, 0.3) is 0 Å². The first kappa shape index (κ1) is 13.6. The van der Waals surface area contributed by atoms with Crippen molar-refractivity contribution in [1.82, 2.24) is 0 Å². The van der Waals surface area contributed by atoms with E-state index in [4.69, 9.17) is 9.47 Å². The van der Waals surface area contributed by atoms with Crippen LogP contribution >= 0.6 is 0 Å². The Morgan fingerprint density at radius 1 is 1.17 bits per heavy atom. The summed E-state index contributed by atoms with van der Waals surface area (Å²) in [6.45, 7) is 9.34. The average Bonchev–Trinajstić information content (AvgIpc) is 2.34. The zero-order chi connectivity index (χ0) is 13.2. The van der Waals surface area contributed by atoms with Gasteiger partial charge in [-0.25, -0.2) is 0 Å². The van der Waals surface area contributed by atoms with Crippen LogP contribution in [0.5, 0.6) is 0 Å². The van der Waals surface area contributed by atoms with E-state index in [9.17, 15) is 0 Å². The van der Waals surface area contributed by atoms with Crippen molar-refractivity contribution in [3.05, 3.63) is 35.9 Å². The van der Waals surface area contributed by atoms with Gasteiger partial charge in [-0.15, -0.1) is 0 Å². The van der Waals surface area contributed by atoms with E-state index in [0.717, 1.165) is 19.4 Å². The van der Waals surface area contributed by atoms with Crippen LogP contribution in [0.3, 0.4) is 0 Å². The van der Waals surface area contributed by atoms with E-state index < -0.39 is 5.79 Å². The van der Waals surface area contributed by atoms with Gasteiger partial charge >= 0.3 is 0 Å². The third kappa shape index (κ3) is 3.12. The van der Waals surface area contributed by atoms with Gasteiger partial charge in [-0.1, -0.05) is 44.2 Å². The Bertz CT molecular complexity index is 385. The minimum absolute atomic E-state index is 0.103. The van der Waals surface area contributed by atoms with E-state index in [2.05, 4.69) is 52.0 Å². The van der Waals surface area contributed by atoms with Gasteiger partial charge in [0.05, 0.1) is 12.7 Å². The molecule has 1 aliphatic rings. The molecular weight excluding hydrogens is 224 g/mol. The van der Waals surface area contributed by atoms with Crippen LogP contribution in [0.15, 0.2) is 30.3 Å². The van der Waals surface area contributed by atoms with Gasteiger partial charge in [-0.2, -0.15) is 0 Å². The molecular formula is C16H24O2. The number of ether oxygens (including phenoxy) is 2. The molecule has 1 saturated heterocycles. The third-order valence-electron chi connectivity index (χ3n) is 3.99. The summed E-state index contributed by atoms with van der Waals surface area (Å²) in [6.07, 6.45) is 2.12. The van der Waals surface area contributed by atoms with E-state index in [0.29, 0.717) is 0 Å². The lowest BCUT2D eigenvalue weighted by Crippen LogP contribution is -2.50. The zero-order valence-corrected chi connectivity index (χ0v) is 11.9. The molecule has 18 heavy (non-hydrogen) atoms. The van der Waals surface area contributed by atoms with Crippen LogP contribution in [0.1, 0.15) is 39.7 Å². The molecule has 0 spiro atoms. The van der Waals surface area contributed by atoms with Gasteiger partial charge in [-0.05, 0) is 25.8 Å². The Hall–Kier alpha value is -0.860. The maximum absolute atomic E-state index is 6.09. The topological polar surface area (TPSA) is 18.5 Å². The standard InChI is InChI=1S/C16H24O2/c1-13-15(2,3)12-17-16(4,18-13)11-10-14-8-6-5-7-9-14/h5-9,13H,10-12H2,1-4H3/t13-,16+/m0/s1. The van der Waals surface area contributed by atoms with Crippen LogP contribution in [0.2, 0.25) is 0 Å². The molecule has 1 fully saturated rings. The van der Waals surface area contributed by atoms with Crippen molar-refractivity contribution in [2.24, 2.45) is 5.41 Å². The summed E-state index contributed by atoms with van der Waals surface area (Å²) in [5.74, 6) is -0.440. The summed E-state index contributed by atoms with van der Waals surface area (Å²) in [4.78, 5) is 0. The first-order chi connectivity index (χ1) is 8.41. The summed E-state index contributed by atoms with van der Waals surface area (Å²) in [5, 5.41) is 0. The molecule has 2 heteroatoms. The number of rotatable bonds is 3. The van der Waals surface area contributed by atoms with Crippen molar-refractivity contribution in [1.29, 1.82) is 0 Å². The van der Waals surface area contributed by atoms with Gasteiger partial charge in [0.15, 0.2) is 5.79 Å². The Balaban J connectivity index is 1.93. The Kier molecular flexibility index (Phi) is 3.79. The first-order valence-electron chi connectivity index (χ1n) is 6.77. The summed E-state index contributed by atoms with van der Waals surface area (Å²) in [5.41, 5.74) is 1.44. The first-order valence-corrected chi connectivity index (χ1v) is 6.77. The van der Waals surface area contributed by atoms with Crippen molar-refractivity contribution in [3.8, 4) is 0 Å². The highest BCUT2D eigenvalue weighted by molar-refractivity contribution is 5.14. The largest absolute Gasteiger partial charge is 0.350 e. The van der Waals surface area contributed by atoms with Crippen LogP contribution in [-0.2, 0) is 15.9 Å². The van der Waals surface area contributed by atoms with E-state index in [1.54, 1.807) is 0 Å². The second-order valence-corrected chi connectivity index (χ2v) is 6.16. The monoisotopic (exact) mass is 248 g/mol. The highest BCUT2D eigenvalue weighted by Crippen LogP contribution is 2.36. The fourth-order valence-electron chi connectivity index (χ4n) is 2.17. The second-order valence-electron chi connectivity index (χ2n) is 6.16. The van der Waals surface area contributed by atoms with Crippen LogP contribution in [0.4, 0.5) is 0 Å². The zero-order valence-electron chi connectivity index (χ0n) is 11.9. The van der Waals surface area contributed by atoms with Crippen molar-refractivity contribution in [3.63, 3.8) is 0 Å². The minimum Gasteiger partial charge on any atom is -0.350 e. The molecule has 2 nitrogen and oxygen atoms in total. The molecule has 0 aromatic heterocycles. The fraction of sp³-hybridized carbons (Fsp3) is 0.625. The Morgan fingerprint density at radius 2 is 1.83 bits per heavy atom. The normalized spacial score (nSPS) is 31.2. The predicted octanol–water partition coefficient (Wildman–Crippen LogP) is 3.80. The minimum atomic E-state index is -0.440. The highest BCUT2D eigenvalue weighted by atomic mass is 16.7. The molecule has 2 rings (SSSR count). The van der Waals surface area contributed by atoms with Crippen molar-refractivity contribution in [2.75, 3.05) is 6.61 Å². The van der Waals surface area contributed by atoms with Crippen molar-refractivity contribution in [2.45, 2.75) is 52.4 Å². The molecule has 0 aliphatic carbocycles. The van der Waals surface area contributed by atoms with Gasteiger partial charge in [0.25, 0.3) is 0 Å². The number of aryl methyl sites for hydroxylation is 1. The highest BCUT2D eigenvalue weighted by Gasteiger charge is 2.41. The smallest absolute Gasteiger partial charge is 0.166 e. The molecule has 1 aliphatic heterocycles. The molecule has 1 aromatic rings. The van der Waals surface area contributed by atoms with Crippen LogP contribution in [0, 0.1) is 5.41 Å². The maximum Gasteiger partial charge on any atom is 0.166 e. The van der Waals surface area contributed by atoms with Gasteiger partial charge < -0.3 is 9.47 Å². The van der Waals surface area contributed by atoms with Gasteiger partial charge in [0, 0.05) is 11.8 Å². The Morgan fingerprint density at radius 3 is 2.44 bits per heavy atom. The summed E-state index contributed by atoms with van der Waals surface area (Å²) in [7, 11) is 0. The molecule has 2 atom stereocenters. The van der Waals surface area contributed by atoms with E-state index in [1.165, 1.54) is 5.56 Å². The van der Waals surface area contributed by atoms with Gasteiger partial charge in [-0.3, -0.25) is 0 Å². The van der Waals surface area contributed by atoms with Crippen LogP contribution in [-0.4, -0.2) is 18.5 Å². The molecule has 0 radical (unpaired) electrons. The summed E-state index contributed by atoms with van der Waals surface area (Å²) >= 11 is 0. The molecule has 1 aromatic carbocycles. The lowest BCUT2D eigenvalue weighted by Gasteiger charge is -2.46. The number of hydrogen-bond donors (Lipinski definition) is 0. The van der Waals surface area contributed by atoms with Gasteiger partial charge in [0.1, 0.15) is 0 Å². The van der Waals surface area contributed by atoms with E-state index in [1.807, 2.05) is 6.07 Å². The Labute approximate surface area is 110 Å². The van der Waals surface area contributed by atoms with E-state index >= 15 is 0 Å². The SMILES string of the molecule is C[C@@H]1O[C@](C)(CCc2ccccc2)OCC1(C)C. The number of hydrogen-bond acceptors (Lipinski definition) is 2. The average molecular weight is 248 g/mol. The van der Waals surface area contributed by atoms with Crippen LogP contribution < -0.4 is 0 Å². The number of benzene rings is 1. The lowest BCUT2D eigenvalue weighted by atomic mass is 9.86. The molecule has 0 amide bonds. The maximum atomic E-state index is 6.09. The third-order valence-corrected chi connectivity index (χ3v) is 3.99. The van der Waals surface area contributed by atoms with E-state index in [-0.39, 0.29) is 11.5 Å². The molecule has 0 N–H and O–H groups in total. The summed E-state index contributed by atoms with van der Waals surface area (Å²) < 4.78 is 12.0. The molecule has 100 valence electrons. The molecule has 1 heterocycles. The van der Waals surface area contributed by atoms with Crippen molar-refractivity contribution < 1.29 is 9.47 Å².